The van der Waals surface area contributed by atoms with Gasteiger partial charge in [0.25, 0.3) is 5.56 Å². The normalized spacial score (nSPS) is 12.3. The van der Waals surface area contributed by atoms with Gasteiger partial charge in [0.1, 0.15) is 12.1 Å². The predicted octanol–water partition coefficient (Wildman–Crippen LogP) is 3.49. The minimum Gasteiger partial charge on any atom is -0.454 e. The largest absolute Gasteiger partial charge is 0.454 e. The Kier molecular flexibility index (Phi) is 4.63. The second kappa shape index (κ2) is 7.48. The number of carbonyl (C=O) groups is 1. The fraction of sp³-hybridized carbons (Fsp3) is 0.136. The fourth-order valence-corrected chi connectivity index (χ4v) is 3.59. The Hall–Kier alpha value is -3.78. The molecule has 1 N–H and O–H groups in total. The molecule has 1 aliphatic rings. The minimum atomic E-state index is -0.327. The highest BCUT2D eigenvalue weighted by molar-refractivity contribution is 6.31. The maximum Gasteiger partial charge on any atom is 0.277 e. The number of aryl methyl sites for hydroxylation is 1. The minimum absolute atomic E-state index is 0.133. The summed E-state index contributed by atoms with van der Waals surface area (Å²) in [5, 5.41) is 7.79. The van der Waals surface area contributed by atoms with Gasteiger partial charge in [0.15, 0.2) is 11.5 Å². The average molecular weight is 437 g/mol. The molecule has 156 valence electrons. The quantitative estimate of drug-likeness (QED) is 0.529. The van der Waals surface area contributed by atoms with Crippen LogP contribution in [-0.2, 0) is 11.3 Å². The van der Waals surface area contributed by atoms with Crippen LogP contribution in [0, 0.1) is 6.92 Å². The number of nitrogens with one attached hydrogen (secondary N) is 1. The number of fused-ring (bicyclic) bond motifs is 2. The zero-order valence-electron chi connectivity index (χ0n) is 16.5. The van der Waals surface area contributed by atoms with Crippen LogP contribution in [0.1, 0.15) is 5.56 Å². The number of halogens is 1. The highest BCUT2D eigenvalue weighted by atomic mass is 35.5. The van der Waals surface area contributed by atoms with Crippen molar-refractivity contribution in [3.05, 3.63) is 75.8 Å². The molecule has 31 heavy (non-hydrogen) atoms. The monoisotopic (exact) mass is 436 g/mol. The van der Waals surface area contributed by atoms with Crippen molar-refractivity contribution in [2.24, 2.45) is 0 Å². The first kappa shape index (κ1) is 19.2. The molecule has 5 rings (SSSR count). The summed E-state index contributed by atoms with van der Waals surface area (Å²) in [4.78, 5) is 25.4. The predicted molar refractivity (Wildman–Crippen MR) is 116 cm³/mol. The second-order valence-electron chi connectivity index (χ2n) is 7.17. The Morgan fingerprint density at radius 2 is 1.97 bits per heavy atom. The molecule has 8 nitrogen and oxygen atoms in total. The van der Waals surface area contributed by atoms with Crippen LogP contribution >= 0.6 is 11.6 Å². The van der Waals surface area contributed by atoms with Crippen LogP contribution in [-0.4, -0.2) is 26.9 Å². The lowest BCUT2D eigenvalue weighted by atomic mass is 10.1. The zero-order valence-corrected chi connectivity index (χ0v) is 17.2. The summed E-state index contributed by atoms with van der Waals surface area (Å²) in [5.74, 6) is 0.989. The number of carbonyl (C=O) groups excluding carboxylic acids is 1. The van der Waals surface area contributed by atoms with E-state index in [9.17, 15) is 9.59 Å². The molecule has 0 aliphatic carbocycles. The molecule has 1 amide bonds. The van der Waals surface area contributed by atoms with Crippen molar-refractivity contribution >= 4 is 28.7 Å². The van der Waals surface area contributed by atoms with E-state index in [0.717, 1.165) is 11.1 Å². The van der Waals surface area contributed by atoms with Gasteiger partial charge in [-0.25, -0.2) is 4.52 Å². The molecule has 0 bridgehead atoms. The van der Waals surface area contributed by atoms with Crippen LogP contribution < -0.4 is 20.3 Å². The molecular weight excluding hydrogens is 420 g/mol. The second-order valence-corrected chi connectivity index (χ2v) is 7.60. The van der Waals surface area contributed by atoms with E-state index in [4.69, 9.17) is 21.1 Å². The number of benzene rings is 2. The SMILES string of the molecule is Cc1ccc(Cl)cc1NC(=O)Cn1ccn2nc(-c3ccc4c(c3)OCO4)cc2c1=O. The topological polar surface area (TPSA) is 86.9 Å². The lowest BCUT2D eigenvalue weighted by molar-refractivity contribution is -0.116. The molecule has 0 spiro atoms. The van der Waals surface area contributed by atoms with Crippen LogP contribution in [0.5, 0.6) is 11.5 Å². The number of hydrogen-bond acceptors (Lipinski definition) is 5. The number of ether oxygens (including phenoxy) is 2. The van der Waals surface area contributed by atoms with Crippen LogP contribution in [0.2, 0.25) is 5.02 Å². The molecule has 3 heterocycles. The first-order valence-corrected chi connectivity index (χ1v) is 9.90. The highest BCUT2D eigenvalue weighted by Crippen LogP contribution is 2.35. The van der Waals surface area contributed by atoms with Crippen molar-refractivity contribution in [2.45, 2.75) is 13.5 Å². The van der Waals surface area contributed by atoms with E-state index in [1.165, 1.54) is 15.3 Å². The zero-order chi connectivity index (χ0) is 21.5. The third-order valence-electron chi connectivity index (χ3n) is 5.06. The number of amides is 1. The van der Waals surface area contributed by atoms with Crippen molar-refractivity contribution in [1.82, 2.24) is 14.2 Å². The molecular formula is C22H17ClN4O4. The Balaban J connectivity index is 1.42. The molecule has 2 aromatic carbocycles. The van der Waals surface area contributed by atoms with Gasteiger partial charge in [-0.15, -0.1) is 0 Å². The van der Waals surface area contributed by atoms with E-state index >= 15 is 0 Å². The summed E-state index contributed by atoms with van der Waals surface area (Å²) in [6.45, 7) is 1.92. The van der Waals surface area contributed by atoms with Gasteiger partial charge in [-0.1, -0.05) is 17.7 Å². The Morgan fingerprint density at radius 1 is 1.13 bits per heavy atom. The van der Waals surface area contributed by atoms with E-state index in [-0.39, 0.29) is 24.8 Å². The number of rotatable bonds is 4. The third-order valence-corrected chi connectivity index (χ3v) is 5.29. The van der Waals surface area contributed by atoms with Crippen molar-refractivity contribution in [3.63, 3.8) is 0 Å². The Labute approximate surface area is 181 Å². The Bertz CT molecular complexity index is 1390. The lowest BCUT2D eigenvalue weighted by Gasteiger charge is -2.10. The van der Waals surface area contributed by atoms with E-state index < -0.39 is 0 Å². The third kappa shape index (κ3) is 3.62. The summed E-state index contributed by atoms with van der Waals surface area (Å²) in [5.41, 5.74) is 2.95. The van der Waals surface area contributed by atoms with Crippen LogP contribution in [0.3, 0.4) is 0 Å². The highest BCUT2D eigenvalue weighted by Gasteiger charge is 2.16. The molecule has 2 aromatic heterocycles. The van der Waals surface area contributed by atoms with E-state index in [0.29, 0.717) is 33.4 Å². The van der Waals surface area contributed by atoms with E-state index in [1.54, 1.807) is 24.4 Å². The summed E-state index contributed by atoms with van der Waals surface area (Å²) < 4.78 is 13.6. The molecule has 0 unspecified atom stereocenters. The molecule has 0 fully saturated rings. The van der Waals surface area contributed by atoms with Crippen molar-refractivity contribution in [1.29, 1.82) is 0 Å². The summed E-state index contributed by atoms with van der Waals surface area (Å²) in [7, 11) is 0. The smallest absolute Gasteiger partial charge is 0.277 e. The van der Waals surface area contributed by atoms with Gasteiger partial charge in [0.05, 0.1) is 5.69 Å². The first-order valence-electron chi connectivity index (χ1n) is 9.53. The van der Waals surface area contributed by atoms with E-state index in [1.807, 2.05) is 31.2 Å². The Morgan fingerprint density at radius 3 is 2.84 bits per heavy atom. The molecule has 0 atom stereocenters. The lowest BCUT2D eigenvalue weighted by Crippen LogP contribution is -2.28. The van der Waals surface area contributed by atoms with Gasteiger partial charge < -0.3 is 19.4 Å². The average Bonchev–Trinajstić information content (AvgIpc) is 3.39. The number of nitrogens with zero attached hydrogens (tertiary/aromatic N) is 3. The van der Waals surface area contributed by atoms with Crippen LogP contribution in [0.15, 0.2) is 59.7 Å². The maximum absolute atomic E-state index is 12.9. The number of hydrogen-bond donors (Lipinski definition) is 1. The molecule has 0 radical (unpaired) electrons. The van der Waals surface area contributed by atoms with Gasteiger partial charge in [-0.2, -0.15) is 5.10 Å². The first-order chi connectivity index (χ1) is 15.0. The van der Waals surface area contributed by atoms with Crippen molar-refractivity contribution < 1.29 is 14.3 Å². The van der Waals surface area contributed by atoms with Gasteiger partial charge >= 0.3 is 0 Å². The van der Waals surface area contributed by atoms with Gasteiger partial charge in [0, 0.05) is 28.7 Å². The van der Waals surface area contributed by atoms with Crippen LogP contribution in [0.4, 0.5) is 5.69 Å². The fourth-order valence-electron chi connectivity index (χ4n) is 3.42. The maximum atomic E-state index is 12.9. The standard InChI is InChI=1S/C22H17ClN4O4/c1-13-2-4-15(23)9-16(13)24-21(28)11-26-6-7-27-18(22(26)29)10-17(25-27)14-3-5-19-20(8-14)31-12-30-19/h2-10H,11-12H2,1H3,(H,24,28). The van der Waals surface area contributed by atoms with Gasteiger partial charge in [-0.05, 0) is 48.9 Å². The van der Waals surface area contributed by atoms with E-state index in [2.05, 4.69) is 10.4 Å². The molecule has 0 saturated heterocycles. The van der Waals surface area contributed by atoms with Crippen molar-refractivity contribution in [2.75, 3.05) is 12.1 Å². The summed E-state index contributed by atoms with van der Waals surface area (Å²) >= 11 is 6.00. The van der Waals surface area contributed by atoms with Gasteiger partial charge in [-0.3, -0.25) is 9.59 Å². The molecule has 4 aromatic rings. The van der Waals surface area contributed by atoms with Crippen molar-refractivity contribution in [3.8, 4) is 22.8 Å². The summed E-state index contributed by atoms with van der Waals surface area (Å²) in [6.07, 6.45) is 3.18. The molecule has 9 heteroatoms. The number of aromatic nitrogens is 3. The summed E-state index contributed by atoms with van der Waals surface area (Å²) in [6, 6.07) is 12.4. The molecule has 0 saturated carbocycles. The van der Waals surface area contributed by atoms with Crippen LogP contribution in [0.25, 0.3) is 16.8 Å². The van der Waals surface area contributed by atoms with Gasteiger partial charge in [0.2, 0.25) is 12.7 Å². The molecule has 1 aliphatic heterocycles. The number of anilines is 1.